The lowest BCUT2D eigenvalue weighted by molar-refractivity contribution is 1.08. The van der Waals surface area contributed by atoms with Gasteiger partial charge >= 0.3 is 0 Å². The summed E-state index contributed by atoms with van der Waals surface area (Å²) in [6.07, 6.45) is 0. The van der Waals surface area contributed by atoms with Gasteiger partial charge < -0.3 is 0 Å². The molecule has 0 spiro atoms. The average Bonchev–Trinajstić information content (AvgIpc) is 3.04. The second-order valence-electron chi connectivity index (χ2n) is 6.12. The van der Waals surface area contributed by atoms with Crippen molar-refractivity contribution in [1.82, 2.24) is 19.5 Å². The molecule has 0 aliphatic rings. The van der Waals surface area contributed by atoms with Crippen molar-refractivity contribution in [2.75, 3.05) is 0 Å². The monoisotopic (exact) mass is 390 g/mol. The predicted octanol–water partition coefficient (Wildman–Crippen LogP) is 5.94. The third-order valence-electron chi connectivity index (χ3n) is 4.32. The first kappa shape index (κ1) is 16.2. The maximum absolute atomic E-state index is 6.24. The Morgan fingerprint density at radius 2 is 1.37 bits per heavy atom. The van der Waals surface area contributed by atoms with E-state index in [-0.39, 0.29) is 0 Å². The summed E-state index contributed by atoms with van der Waals surface area (Å²) >= 11 is 12.5. The molecule has 0 radical (unpaired) electrons. The van der Waals surface area contributed by atoms with Crippen molar-refractivity contribution < 1.29 is 0 Å². The summed E-state index contributed by atoms with van der Waals surface area (Å²) in [4.78, 5) is 14.3. The summed E-state index contributed by atoms with van der Waals surface area (Å²) in [7, 11) is 0. The maximum Gasteiger partial charge on any atom is 0.199 e. The minimum atomic E-state index is 0.573. The number of hydrogen-bond donors (Lipinski definition) is 0. The van der Waals surface area contributed by atoms with E-state index in [1.54, 1.807) is 0 Å². The molecule has 0 fully saturated rings. The van der Waals surface area contributed by atoms with Crippen LogP contribution >= 0.6 is 23.2 Å². The van der Waals surface area contributed by atoms with Crippen molar-refractivity contribution in [3.8, 4) is 17.1 Å². The number of para-hydroxylation sites is 2. The molecule has 5 aromatic rings. The summed E-state index contributed by atoms with van der Waals surface area (Å²) in [5.41, 5.74) is 4.61. The predicted molar refractivity (Wildman–Crippen MR) is 110 cm³/mol. The molecule has 0 N–H and O–H groups in total. The zero-order chi connectivity index (χ0) is 18.4. The van der Waals surface area contributed by atoms with Gasteiger partial charge in [0.25, 0.3) is 0 Å². The Labute approximate surface area is 165 Å². The average molecular weight is 391 g/mol. The van der Waals surface area contributed by atoms with Gasteiger partial charge in [0, 0.05) is 15.6 Å². The van der Waals surface area contributed by atoms with E-state index in [1.807, 2.05) is 77.4 Å². The molecule has 6 heteroatoms. The standard InChI is InChI=1S/C21H12Cl2N4/c22-14-6-3-5-13(11-14)20-26-19-21(25-18-10-2-1-9-17(18)24-19)27(20)16-8-4-7-15(23)12-16/h1-12H. The largest absolute Gasteiger partial charge is 0.275 e. The van der Waals surface area contributed by atoms with Crippen molar-refractivity contribution in [2.24, 2.45) is 0 Å². The fourth-order valence-corrected chi connectivity index (χ4v) is 3.51. The van der Waals surface area contributed by atoms with Gasteiger partial charge in [0.1, 0.15) is 5.82 Å². The fourth-order valence-electron chi connectivity index (χ4n) is 3.14. The van der Waals surface area contributed by atoms with Gasteiger partial charge in [0.2, 0.25) is 0 Å². The van der Waals surface area contributed by atoms with Gasteiger partial charge in [-0.15, -0.1) is 0 Å². The molecular weight excluding hydrogens is 379 g/mol. The highest BCUT2D eigenvalue weighted by atomic mass is 35.5. The number of fused-ring (bicyclic) bond motifs is 2. The molecule has 0 saturated heterocycles. The minimum absolute atomic E-state index is 0.573. The Kier molecular flexibility index (Phi) is 3.81. The zero-order valence-electron chi connectivity index (χ0n) is 14.0. The van der Waals surface area contributed by atoms with E-state index < -0.39 is 0 Å². The molecule has 0 unspecified atom stereocenters. The van der Waals surface area contributed by atoms with E-state index in [0.717, 1.165) is 22.3 Å². The lowest BCUT2D eigenvalue weighted by Gasteiger charge is -2.09. The summed E-state index contributed by atoms with van der Waals surface area (Å²) in [5.74, 6) is 0.713. The molecule has 0 saturated carbocycles. The Hall–Kier alpha value is -2.95. The minimum Gasteiger partial charge on any atom is -0.275 e. The van der Waals surface area contributed by atoms with Gasteiger partial charge in [-0.3, -0.25) is 4.57 Å². The number of rotatable bonds is 2. The molecule has 0 amide bonds. The molecule has 5 rings (SSSR count). The van der Waals surface area contributed by atoms with Crippen LogP contribution in [0.2, 0.25) is 10.0 Å². The number of halogens is 2. The molecule has 2 heterocycles. The molecule has 0 atom stereocenters. The first-order valence-corrected chi connectivity index (χ1v) is 9.12. The lowest BCUT2D eigenvalue weighted by Crippen LogP contribution is -1.99. The van der Waals surface area contributed by atoms with Crippen LogP contribution < -0.4 is 0 Å². The molecular formula is C21H12Cl2N4. The first-order valence-electron chi connectivity index (χ1n) is 8.36. The Morgan fingerprint density at radius 1 is 0.667 bits per heavy atom. The zero-order valence-corrected chi connectivity index (χ0v) is 15.5. The molecule has 0 aliphatic carbocycles. The highest BCUT2D eigenvalue weighted by Gasteiger charge is 2.18. The Morgan fingerprint density at radius 3 is 2.11 bits per heavy atom. The third-order valence-corrected chi connectivity index (χ3v) is 4.79. The lowest BCUT2D eigenvalue weighted by atomic mass is 10.2. The quantitative estimate of drug-likeness (QED) is 0.374. The van der Waals surface area contributed by atoms with Gasteiger partial charge in [-0.2, -0.15) is 0 Å². The van der Waals surface area contributed by atoms with Crippen LogP contribution in [0.4, 0.5) is 0 Å². The Bertz CT molecular complexity index is 1310. The number of imidazole rings is 1. The third kappa shape index (κ3) is 2.83. The van der Waals surface area contributed by atoms with E-state index in [4.69, 9.17) is 38.2 Å². The summed E-state index contributed by atoms with van der Waals surface area (Å²) < 4.78 is 1.96. The second kappa shape index (κ2) is 6.34. The van der Waals surface area contributed by atoms with Gasteiger partial charge in [-0.1, -0.05) is 53.5 Å². The number of benzene rings is 3. The number of aromatic nitrogens is 4. The normalized spacial score (nSPS) is 11.3. The van der Waals surface area contributed by atoms with Crippen LogP contribution in [0.25, 0.3) is 39.4 Å². The topological polar surface area (TPSA) is 43.6 Å². The van der Waals surface area contributed by atoms with Crippen LogP contribution in [0, 0.1) is 0 Å². The molecule has 27 heavy (non-hydrogen) atoms. The smallest absolute Gasteiger partial charge is 0.199 e. The summed E-state index contributed by atoms with van der Waals surface area (Å²) in [5, 5.41) is 1.28. The van der Waals surface area contributed by atoms with E-state index in [2.05, 4.69) is 0 Å². The van der Waals surface area contributed by atoms with Crippen LogP contribution in [0.5, 0.6) is 0 Å². The molecule has 0 bridgehead atoms. The summed E-state index contributed by atoms with van der Waals surface area (Å²) in [6, 6.07) is 22.9. The van der Waals surface area contributed by atoms with E-state index in [9.17, 15) is 0 Å². The van der Waals surface area contributed by atoms with Crippen molar-refractivity contribution in [3.05, 3.63) is 82.8 Å². The van der Waals surface area contributed by atoms with E-state index >= 15 is 0 Å². The van der Waals surface area contributed by atoms with Crippen LogP contribution in [0.1, 0.15) is 0 Å². The highest BCUT2D eigenvalue weighted by molar-refractivity contribution is 6.31. The van der Waals surface area contributed by atoms with Crippen molar-refractivity contribution in [2.45, 2.75) is 0 Å². The fraction of sp³-hybridized carbons (Fsp3) is 0. The van der Waals surface area contributed by atoms with Crippen molar-refractivity contribution in [3.63, 3.8) is 0 Å². The SMILES string of the molecule is Clc1cccc(-c2nc3nc4ccccc4nc3n2-c2cccc(Cl)c2)c1. The van der Waals surface area contributed by atoms with E-state index in [0.29, 0.717) is 27.2 Å². The molecule has 130 valence electrons. The van der Waals surface area contributed by atoms with Gasteiger partial charge in [-0.25, -0.2) is 15.0 Å². The van der Waals surface area contributed by atoms with Crippen LogP contribution in [0.3, 0.4) is 0 Å². The van der Waals surface area contributed by atoms with Crippen molar-refractivity contribution >= 4 is 45.5 Å². The van der Waals surface area contributed by atoms with Crippen LogP contribution in [0.15, 0.2) is 72.8 Å². The molecule has 3 aromatic carbocycles. The van der Waals surface area contributed by atoms with Gasteiger partial charge in [-0.05, 0) is 42.5 Å². The Balaban J connectivity index is 1.90. The summed E-state index contributed by atoms with van der Waals surface area (Å²) in [6.45, 7) is 0. The maximum atomic E-state index is 6.24. The molecule has 4 nitrogen and oxygen atoms in total. The number of hydrogen-bond acceptors (Lipinski definition) is 3. The van der Waals surface area contributed by atoms with Gasteiger partial charge in [0.05, 0.1) is 16.7 Å². The highest BCUT2D eigenvalue weighted by Crippen LogP contribution is 2.30. The van der Waals surface area contributed by atoms with Crippen LogP contribution in [-0.2, 0) is 0 Å². The second-order valence-corrected chi connectivity index (χ2v) is 6.99. The first-order chi connectivity index (χ1) is 13.2. The number of nitrogens with zero attached hydrogens (tertiary/aromatic N) is 4. The molecule has 2 aromatic heterocycles. The molecule has 0 aliphatic heterocycles. The van der Waals surface area contributed by atoms with Crippen molar-refractivity contribution in [1.29, 1.82) is 0 Å². The van der Waals surface area contributed by atoms with E-state index in [1.165, 1.54) is 0 Å². The van der Waals surface area contributed by atoms with Crippen LogP contribution in [-0.4, -0.2) is 19.5 Å². The van der Waals surface area contributed by atoms with Gasteiger partial charge in [0.15, 0.2) is 11.3 Å².